The first-order valence-electron chi connectivity index (χ1n) is 5.30. The third-order valence-corrected chi connectivity index (χ3v) is 3.00. The minimum Gasteiger partial charge on any atom is -0.385 e. The van der Waals surface area contributed by atoms with Crippen molar-refractivity contribution in [2.45, 2.75) is 25.9 Å². The smallest absolute Gasteiger partial charge is 0.141 e. The highest BCUT2D eigenvalue weighted by atomic mass is 19.1. The summed E-state index contributed by atoms with van der Waals surface area (Å²) in [6.07, 6.45) is 3.33. The van der Waals surface area contributed by atoms with E-state index in [0.29, 0.717) is 18.6 Å². The van der Waals surface area contributed by atoms with Crippen molar-refractivity contribution in [2.24, 2.45) is 5.92 Å². The molecular weight excluding hydrogens is 209 g/mol. The lowest BCUT2D eigenvalue weighted by molar-refractivity contribution is -0.0112. The van der Waals surface area contributed by atoms with Crippen LogP contribution in [0.3, 0.4) is 0 Å². The topological polar surface area (TPSA) is 42.4 Å². The summed E-state index contributed by atoms with van der Waals surface area (Å²) in [6.45, 7) is 4.15. The lowest BCUT2D eigenvalue weighted by Gasteiger charge is -2.30. The quantitative estimate of drug-likeness (QED) is 0.837. The molecule has 1 aromatic rings. The summed E-state index contributed by atoms with van der Waals surface area (Å²) in [4.78, 5) is 3.75. The lowest BCUT2D eigenvalue weighted by Crippen LogP contribution is -2.31. The minimum atomic E-state index is -1.09. The molecule has 4 heteroatoms. The second-order valence-corrected chi connectivity index (χ2v) is 4.22. The molecule has 2 atom stereocenters. The van der Waals surface area contributed by atoms with Gasteiger partial charge in [-0.25, -0.2) is 4.39 Å². The van der Waals surface area contributed by atoms with Crippen LogP contribution in [-0.2, 0) is 10.3 Å². The summed E-state index contributed by atoms with van der Waals surface area (Å²) in [7, 11) is 1.62. The molecule has 1 aromatic heterocycles. The van der Waals surface area contributed by atoms with E-state index in [1.165, 1.54) is 12.3 Å². The zero-order valence-electron chi connectivity index (χ0n) is 9.90. The molecule has 0 aliphatic heterocycles. The number of rotatable bonds is 5. The van der Waals surface area contributed by atoms with Gasteiger partial charge in [0, 0.05) is 25.5 Å². The summed E-state index contributed by atoms with van der Waals surface area (Å²) in [5, 5.41) is 10.3. The molecule has 0 saturated carbocycles. The number of nitrogens with zero attached hydrogens (tertiary/aromatic N) is 1. The molecule has 2 unspecified atom stereocenters. The summed E-state index contributed by atoms with van der Waals surface area (Å²) < 4.78 is 18.0. The van der Waals surface area contributed by atoms with Crippen LogP contribution in [0, 0.1) is 11.7 Å². The van der Waals surface area contributed by atoms with Crippen LogP contribution in [0.5, 0.6) is 0 Å². The van der Waals surface area contributed by atoms with E-state index in [1.807, 2.05) is 6.92 Å². The summed E-state index contributed by atoms with van der Waals surface area (Å²) in [6, 6.07) is 1.32. The van der Waals surface area contributed by atoms with Crippen molar-refractivity contribution in [3.8, 4) is 0 Å². The van der Waals surface area contributed by atoms with Gasteiger partial charge in [0.1, 0.15) is 5.82 Å². The largest absolute Gasteiger partial charge is 0.385 e. The molecule has 0 aromatic carbocycles. The van der Waals surface area contributed by atoms with Gasteiger partial charge >= 0.3 is 0 Å². The fourth-order valence-electron chi connectivity index (χ4n) is 1.55. The molecule has 1 heterocycles. The highest BCUT2D eigenvalue weighted by molar-refractivity contribution is 5.18. The number of halogens is 1. The molecule has 16 heavy (non-hydrogen) atoms. The van der Waals surface area contributed by atoms with Crippen LogP contribution in [0.2, 0.25) is 0 Å². The van der Waals surface area contributed by atoms with E-state index in [1.54, 1.807) is 14.0 Å². The molecule has 1 N–H and O–H groups in total. The zero-order chi connectivity index (χ0) is 12.2. The van der Waals surface area contributed by atoms with Gasteiger partial charge in [-0.15, -0.1) is 0 Å². The van der Waals surface area contributed by atoms with Gasteiger partial charge in [0.2, 0.25) is 0 Å². The predicted octanol–water partition coefficient (Wildman–Crippen LogP) is 2.10. The van der Waals surface area contributed by atoms with E-state index in [0.717, 1.165) is 6.20 Å². The fourth-order valence-corrected chi connectivity index (χ4v) is 1.55. The summed E-state index contributed by atoms with van der Waals surface area (Å²) in [5.74, 6) is -0.465. The van der Waals surface area contributed by atoms with Crippen molar-refractivity contribution >= 4 is 0 Å². The van der Waals surface area contributed by atoms with Gasteiger partial charge < -0.3 is 9.84 Å². The minimum absolute atomic E-state index is 0.0314. The van der Waals surface area contributed by atoms with Crippen molar-refractivity contribution in [3.63, 3.8) is 0 Å². The first kappa shape index (κ1) is 13.1. The van der Waals surface area contributed by atoms with Crippen molar-refractivity contribution < 1.29 is 14.2 Å². The maximum Gasteiger partial charge on any atom is 0.141 e. The third kappa shape index (κ3) is 3.00. The Labute approximate surface area is 95.3 Å². The van der Waals surface area contributed by atoms with E-state index < -0.39 is 11.4 Å². The Balaban J connectivity index is 2.83. The molecule has 0 saturated heterocycles. The third-order valence-electron chi connectivity index (χ3n) is 3.00. The van der Waals surface area contributed by atoms with Crippen LogP contribution < -0.4 is 0 Å². The molecular formula is C12H18FNO2. The Kier molecular flexibility index (Phi) is 4.38. The van der Waals surface area contributed by atoms with Gasteiger partial charge in [-0.3, -0.25) is 4.98 Å². The normalized spacial score (nSPS) is 16.8. The van der Waals surface area contributed by atoms with Crippen LogP contribution in [-0.4, -0.2) is 23.8 Å². The van der Waals surface area contributed by atoms with Gasteiger partial charge in [0.15, 0.2) is 0 Å². The standard InChI is InChI=1S/C12H18FNO2/c1-9(4-5-16-3)12(2,15)10-6-11(13)8-14-7-10/h6-9,15H,4-5H2,1-3H3. The van der Waals surface area contributed by atoms with Gasteiger partial charge in [0.25, 0.3) is 0 Å². The van der Waals surface area contributed by atoms with Crippen LogP contribution >= 0.6 is 0 Å². The summed E-state index contributed by atoms with van der Waals surface area (Å²) in [5.41, 5.74) is -0.593. The molecule has 0 radical (unpaired) electrons. The first-order chi connectivity index (χ1) is 7.48. The molecule has 0 amide bonds. The SMILES string of the molecule is COCCC(C)C(C)(O)c1cncc(F)c1. The van der Waals surface area contributed by atoms with Crippen molar-refractivity contribution in [1.82, 2.24) is 4.98 Å². The Morgan fingerprint density at radius 1 is 1.56 bits per heavy atom. The molecule has 0 spiro atoms. The van der Waals surface area contributed by atoms with Gasteiger partial charge in [-0.05, 0) is 25.3 Å². The molecule has 1 rings (SSSR count). The number of pyridine rings is 1. The molecule has 0 fully saturated rings. The molecule has 90 valence electrons. The molecule has 0 aliphatic carbocycles. The number of aliphatic hydroxyl groups is 1. The van der Waals surface area contributed by atoms with E-state index in [9.17, 15) is 9.50 Å². The number of hydrogen-bond acceptors (Lipinski definition) is 3. The van der Waals surface area contributed by atoms with Crippen molar-refractivity contribution in [3.05, 3.63) is 29.8 Å². The molecule has 0 bridgehead atoms. The van der Waals surface area contributed by atoms with E-state index in [-0.39, 0.29) is 5.92 Å². The monoisotopic (exact) mass is 227 g/mol. The van der Waals surface area contributed by atoms with E-state index in [4.69, 9.17) is 4.74 Å². The molecule has 3 nitrogen and oxygen atoms in total. The Hall–Kier alpha value is -1.00. The zero-order valence-corrected chi connectivity index (χ0v) is 9.90. The summed E-state index contributed by atoms with van der Waals surface area (Å²) >= 11 is 0. The highest BCUT2D eigenvalue weighted by Crippen LogP contribution is 2.31. The van der Waals surface area contributed by atoms with Crippen LogP contribution in [0.1, 0.15) is 25.8 Å². The van der Waals surface area contributed by atoms with Crippen molar-refractivity contribution in [2.75, 3.05) is 13.7 Å². The highest BCUT2D eigenvalue weighted by Gasteiger charge is 2.30. The average Bonchev–Trinajstić information content (AvgIpc) is 2.25. The van der Waals surface area contributed by atoms with Gasteiger partial charge in [0.05, 0.1) is 11.8 Å². The number of ether oxygens (including phenoxy) is 1. The Morgan fingerprint density at radius 2 is 2.25 bits per heavy atom. The fraction of sp³-hybridized carbons (Fsp3) is 0.583. The lowest BCUT2D eigenvalue weighted by atomic mass is 9.83. The maximum absolute atomic E-state index is 13.0. The average molecular weight is 227 g/mol. The number of hydrogen-bond donors (Lipinski definition) is 1. The Bertz CT molecular complexity index is 342. The molecule has 0 aliphatic rings. The Morgan fingerprint density at radius 3 is 2.81 bits per heavy atom. The predicted molar refractivity (Wildman–Crippen MR) is 59.4 cm³/mol. The van der Waals surface area contributed by atoms with Gasteiger partial charge in [-0.1, -0.05) is 6.92 Å². The van der Waals surface area contributed by atoms with Crippen molar-refractivity contribution in [1.29, 1.82) is 0 Å². The number of aromatic nitrogens is 1. The van der Waals surface area contributed by atoms with Crippen LogP contribution in [0.4, 0.5) is 4.39 Å². The first-order valence-corrected chi connectivity index (χ1v) is 5.30. The van der Waals surface area contributed by atoms with Crippen LogP contribution in [0.25, 0.3) is 0 Å². The maximum atomic E-state index is 13.0. The van der Waals surface area contributed by atoms with Gasteiger partial charge in [-0.2, -0.15) is 0 Å². The second kappa shape index (κ2) is 5.37. The van der Waals surface area contributed by atoms with Crippen LogP contribution in [0.15, 0.2) is 18.5 Å². The second-order valence-electron chi connectivity index (χ2n) is 4.22. The van der Waals surface area contributed by atoms with E-state index >= 15 is 0 Å². The van der Waals surface area contributed by atoms with E-state index in [2.05, 4.69) is 4.98 Å². The number of methoxy groups -OCH3 is 1.